The third kappa shape index (κ3) is 2.31. The maximum atomic E-state index is 2.79. The van der Waals surface area contributed by atoms with E-state index in [9.17, 15) is 0 Å². The zero-order valence-electron chi connectivity index (χ0n) is 14.2. The molecule has 0 bridgehead atoms. The van der Waals surface area contributed by atoms with Gasteiger partial charge in [0.1, 0.15) is 0 Å². The van der Waals surface area contributed by atoms with E-state index in [0.29, 0.717) is 5.41 Å². The molecule has 2 fully saturated rings. The highest BCUT2D eigenvalue weighted by molar-refractivity contribution is 5.39. The molecule has 122 valence electrons. The first-order valence-electron chi connectivity index (χ1n) is 9.81. The first kappa shape index (κ1) is 14.3. The van der Waals surface area contributed by atoms with E-state index in [1.54, 1.807) is 11.1 Å². The van der Waals surface area contributed by atoms with Crippen LogP contribution in [0.3, 0.4) is 0 Å². The fraction of sp³-hybridized carbons (Fsp3) is 0.636. The quantitative estimate of drug-likeness (QED) is 0.724. The molecule has 3 aliphatic carbocycles. The van der Waals surface area contributed by atoms with Crippen LogP contribution in [-0.2, 0) is 11.8 Å². The van der Waals surface area contributed by atoms with Gasteiger partial charge in [-0.25, -0.2) is 0 Å². The van der Waals surface area contributed by atoms with Crippen LogP contribution in [-0.4, -0.2) is 24.5 Å². The SMILES string of the molecule is C1=C[C@H]2C(CC1)C[C@H]2CN1CCC2(CCc3ccccc32)CC1. The maximum absolute atomic E-state index is 2.79. The van der Waals surface area contributed by atoms with Gasteiger partial charge in [-0.1, -0.05) is 36.4 Å². The summed E-state index contributed by atoms with van der Waals surface area (Å²) in [5, 5.41) is 0. The minimum Gasteiger partial charge on any atom is -0.303 e. The van der Waals surface area contributed by atoms with Crippen molar-refractivity contribution in [1.82, 2.24) is 4.90 Å². The van der Waals surface area contributed by atoms with Gasteiger partial charge >= 0.3 is 0 Å². The molecule has 1 aromatic carbocycles. The minimum absolute atomic E-state index is 0.528. The Balaban J connectivity index is 1.22. The number of hydrogen-bond donors (Lipinski definition) is 0. The normalized spacial score (nSPS) is 34.9. The molecule has 0 radical (unpaired) electrons. The van der Waals surface area contributed by atoms with Crippen molar-refractivity contribution in [2.45, 2.75) is 50.4 Å². The van der Waals surface area contributed by atoms with Gasteiger partial charge in [0.2, 0.25) is 0 Å². The predicted octanol–water partition coefficient (Wildman–Crippen LogP) is 4.57. The van der Waals surface area contributed by atoms with Gasteiger partial charge in [-0.15, -0.1) is 0 Å². The Bertz CT molecular complexity index is 608. The first-order chi connectivity index (χ1) is 11.3. The molecule has 5 rings (SSSR count). The molecule has 1 saturated heterocycles. The Morgan fingerprint density at radius 3 is 2.83 bits per heavy atom. The van der Waals surface area contributed by atoms with Crippen LogP contribution in [0.2, 0.25) is 0 Å². The van der Waals surface area contributed by atoms with Crippen molar-refractivity contribution in [3.63, 3.8) is 0 Å². The van der Waals surface area contributed by atoms with Crippen molar-refractivity contribution >= 4 is 0 Å². The number of allylic oxidation sites excluding steroid dienone is 2. The Kier molecular flexibility index (Phi) is 3.40. The third-order valence-electron chi connectivity index (χ3n) is 7.52. The van der Waals surface area contributed by atoms with Gasteiger partial charge in [-0.05, 0) is 92.3 Å². The molecular formula is C22H29N. The molecule has 1 nitrogen and oxygen atoms in total. The van der Waals surface area contributed by atoms with E-state index in [-0.39, 0.29) is 0 Å². The number of nitrogens with zero attached hydrogens (tertiary/aromatic N) is 1. The van der Waals surface area contributed by atoms with Crippen LogP contribution in [0, 0.1) is 17.8 Å². The second-order valence-corrected chi connectivity index (χ2v) is 8.58. The summed E-state index contributed by atoms with van der Waals surface area (Å²) < 4.78 is 0. The molecule has 1 spiro atoms. The van der Waals surface area contributed by atoms with Crippen LogP contribution in [0.4, 0.5) is 0 Å². The highest BCUT2D eigenvalue weighted by atomic mass is 15.1. The molecule has 1 heterocycles. The molecule has 0 amide bonds. The predicted molar refractivity (Wildman–Crippen MR) is 95.6 cm³/mol. The van der Waals surface area contributed by atoms with E-state index in [4.69, 9.17) is 0 Å². The van der Waals surface area contributed by atoms with Crippen molar-refractivity contribution in [2.75, 3.05) is 19.6 Å². The lowest BCUT2D eigenvalue weighted by Gasteiger charge is -2.49. The van der Waals surface area contributed by atoms with Gasteiger partial charge in [-0.3, -0.25) is 0 Å². The van der Waals surface area contributed by atoms with Crippen LogP contribution in [0.5, 0.6) is 0 Å². The van der Waals surface area contributed by atoms with Gasteiger partial charge in [0.05, 0.1) is 0 Å². The van der Waals surface area contributed by atoms with E-state index in [1.807, 2.05) is 0 Å². The lowest BCUT2D eigenvalue weighted by Crippen LogP contribution is -2.48. The standard InChI is InChI=1S/C22H29N/c1-3-7-20-18(6-1)15-19(20)16-23-13-11-22(12-14-23)10-9-17-5-2-4-8-21(17)22/h2-5,7-8,18-20H,1,6,9-16H2/t18?,19-,20-/m0/s1. The summed E-state index contributed by atoms with van der Waals surface area (Å²) in [7, 11) is 0. The van der Waals surface area contributed by atoms with Crippen LogP contribution in [0.25, 0.3) is 0 Å². The third-order valence-corrected chi connectivity index (χ3v) is 7.52. The van der Waals surface area contributed by atoms with Crippen LogP contribution < -0.4 is 0 Å². The summed E-state index contributed by atoms with van der Waals surface area (Å²) in [6.07, 6.45) is 14.8. The number of rotatable bonds is 2. The van der Waals surface area contributed by atoms with E-state index >= 15 is 0 Å². The summed E-state index contributed by atoms with van der Waals surface area (Å²) in [5.74, 6) is 2.91. The zero-order chi connectivity index (χ0) is 15.3. The Labute approximate surface area is 140 Å². The van der Waals surface area contributed by atoms with Crippen molar-refractivity contribution in [2.24, 2.45) is 17.8 Å². The van der Waals surface area contributed by atoms with Gasteiger partial charge in [0, 0.05) is 6.54 Å². The second kappa shape index (κ2) is 5.48. The van der Waals surface area contributed by atoms with Crippen molar-refractivity contribution in [3.05, 3.63) is 47.5 Å². The summed E-state index contributed by atoms with van der Waals surface area (Å²) in [6.45, 7) is 4.01. The zero-order valence-corrected chi connectivity index (χ0v) is 14.2. The van der Waals surface area contributed by atoms with Gasteiger partial charge in [0.25, 0.3) is 0 Å². The van der Waals surface area contributed by atoms with E-state index < -0.39 is 0 Å². The molecular weight excluding hydrogens is 278 g/mol. The van der Waals surface area contributed by atoms with Crippen molar-refractivity contribution < 1.29 is 0 Å². The van der Waals surface area contributed by atoms with Crippen molar-refractivity contribution in [1.29, 1.82) is 0 Å². The van der Waals surface area contributed by atoms with Crippen LogP contribution in [0.15, 0.2) is 36.4 Å². The minimum atomic E-state index is 0.528. The molecule has 1 aromatic rings. The number of piperidine rings is 1. The molecule has 3 atom stereocenters. The largest absolute Gasteiger partial charge is 0.303 e. The summed E-state index contributed by atoms with van der Waals surface area (Å²) in [4.78, 5) is 2.79. The van der Waals surface area contributed by atoms with Gasteiger partial charge in [0.15, 0.2) is 0 Å². The second-order valence-electron chi connectivity index (χ2n) is 8.58. The lowest BCUT2D eigenvalue weighted by atomic mass is 9.61. The molecule has 23 heavy (non-hydrogen) atoms. The van der Waals surface area contributed by atoms with Crippen LogP contribution >= 0.6 is 0 Å². The number of benzene rings is 1. The molecule has 0 N–H and O–H groups in total. The Morgan fingerprint density at radius 1 is 1.09 bits per heavy atom. The summed E-state index contributed by atoms with van der Waals surface area (Å²) in [5.41, 5.74) is 3.86. The van der Waals surface area contributed by atoms with E-state index in [0.717, 1.165) is 17.8 Å². The average Bonchev–Trinajstić information content (AvgIpc) is 2.94. The lowest BCUT2D eigenvalue weighted by molar-refractivity contribution is 0.0426. The average molecular weight is 307 g/mol. The molecule has 1 aliphatic heterocycles. The number of fused-ring (bicyclic) bond motifs is 3. The molecule has 1 saturated carbocycles. The highest BCUT2D eigenvalue weighted by Crippen LogP contribution is 2.49. The summed E-state index contributed by atoms with van der Waals surface area (Å²) in [6, 6.07) is 9.25. The van der Waals surface area contributed by atoms with Gasteiger partial charge < -0.3 is 4.90 Å². The first-order valence-corrected chi connectivity index (χ1v) is 9.81. The topological polar surface area (TPSA) is 3.24 Å². The van der Waals surface area contributed by atoms with Gasteiger partial charge in [-0.2, -0.15) is 0 Å². The number of likely N-dealkylation sites (tertiary alicyclic amines) is 1. The van der Waals surface area contributed by atoms with Crippen LogP contribution in [0.1, 0.15) is 49.7 Å². The fourth-order valence-corrected chi connectivity index (χ4v) is 6.06. The highest BCUT2D eigenvalue weighted by Gasteiger charge is 2.44. The molecule has 0 aromatic heterocycles. The number of aryl methyl sites for hydroxylation is 1. The monoisotopic (exact) mass is 307 g/mol. The van der Waals surface area contributed by atoms with Crippen molar-refractivity contribution in [3.8, 4) is 0 Å². The number of hydrogen-bond acceptors (Lipinski definition) is 1. The maximum Gasteiger partial charge on any atom is 0.00155 e. The fourth-order valence-electron chi connectivity index (χ4n) is 6.06. The van der Waals surface area contributed by atoms with E-state index in [1.165, 1.54) is 64.6 Å². The molecule has 1 heteroatoms. The Morgan fingerprint density at radius 2 is 1.96 bits per heavy atom. The van der Waals surface area contributed by atoms with E-state index in [2.05, 4.69) is 41.3 Å². The summed E-state index contributed by atoms with van der Waals surface area (Å²) >= 11 is 0. The Hall–Kier alpha value is -1.08. The molecule has 1 unspecified atom stereocenters. The smallest absolute Gasteiger partial charge is 0.00155 e. The molecule has 4 aliphatic rings.